The molecular formula is C27H23F2N3O5. The van der Waals surface area contributed by atoms with Gasteiger partial charge in [-0.1, -0.05) is 24.3 Å². The molecule has 0 spiro atoms. The minimum Gasteiger partial charge on any atom is -0.497 e. The number of amides is 1. The highest BCUT2D eigenvalue weighted by molar-refractivity contribution is 6.05. The minimum atomic E-state index is -1.06. The summed E-state index contributed by atoms with van der Waals surface area (Å²) in [5, 5.41) is 6.94. The molecule has 0 saturated heterocycles. The zero-order chi connectivity index (χ0) is 26.5. The monoisotopic (exact) mass is 507 g/mol. The number of hydrogen-bond acceptors (Lipinski definition) is 6. The fourth-order valence-electron chi connectivity index (χ4n) is 3.71. The Balaban J connectivity index is 1.74. The molecule has 0 bridgehead atoms. The van der Waals surface area contributed by atoms with Gasteiger partial charge in [0.05, 0.1) is 26.5 Å². The van der Waals surface area contributed by atoms with Crippen LogP contribution in [0.5, 0.6) is 11.5 Å². The van der Waals surface area contributed by atoms with Crippen molar-refractivity contribution in [2.24, 2.45) is 0 Å². The van der Waals surface area contributed by atoms with Crippen molar-refractivity contribution < 1.29 is 32.6 Å². The molecule has 1 aromatic heterocycles. The topological polar surface area (TPSA) is 91.7 Å². The van der Waals surface area contributed by atoms with E-state index in [2.05, 4.69) is 10.4 Å². The van der Waals surface area contributed by atoms with Crippen molar-refractivity contribution in [3.05, 3.63) is 89.6 Å². The lowest BCUT2D eigenvalue weighted by Gasteiger charge is -2.13. The average Bonchev–Trinajstić information content (AvgIpc) is 3.34. The molecular weight excluding hydrogens is 484 g/mol. The maximum Gasteiger partial charge on any atom is 0.358 e. The molecule has 0 aliphatic rings. The zero-order valence-corrected chi connectivity index (χ0v) is 20.2. The fourth-order valence-corrected chi connectivity index (χ4v) is 3.71. The van der Waals surface area contributed by atoms with Gasteiger partial charge < -0.3 is 19.5 Å². The Morgan fingerprint density at radius 2 is 1.68 bits per heavy atom. The van der Waals surface area contributed by atoms with Crippen molar-refractivity contribution >= 4 is 17.6 Å². The number of aromatic nitrogens is 2. The third-order valence-electron chi connectivity index (χ3n) is 5.40. The fraction of sp³-hybridized carbons (Fsp3) is 0.148. The molecule has 4 rings (SSSR count). The molecule has 1 amide bonds. The first-order valence-electron chi connectivity index (χ1n) is 11.2. The lowest BCUT2D eigenvalue weighted by Crippen LogP contribution is -2.16. The van der Waals surface area contributed by atoms with Crippen LogP contribution in [0, 0.1) is 11.6 Å². The number of carbonyl (C=O) groups excluding carboxylic acids is 2. The van der Waals surface area contributed by atoms with Gasteiger partial charge in [0.2, 0.25) is 0 Å². The van der Waals surface area contributed by atoms with E-state index >= 15 is 0 Å². The van der Waals surface area contributed by atoms with Crippen molar-refractivity contribution in [2.45, 2.75) is 6.92 Å². The number of nitrogens with zero attached hydrogens (tertiary/aromatic N) is 2. The maximum absolute atomic E-state index is 14.4. The van der Waals surface area contributed by atoms with Gasteiger partial charge in [-0.25, -0.2) is 18.3 Å². The number of esters is 1. The standard InChI is InChI=1S/C27H23F2N3O5/c1-4-37-27(34)21-15-23(32(31-21)22-10-5-6-11-24(22)36-3)16-8-7-9-17(12-16)30-26(33)25-19(28)13-18(35-2)14-20(25)29/h5-15H,4H2,1-3H3,(H,30,33). The first-order valence-corrected chi connectivity index (χ1v) is 11.2. The van der Waals surface area contributed by atoms with E-state index in [-0.39, 0.29) is 23.7 Å². The number of anilines is 1. The van der Waals surface area contributed by atoms with Gasteiger partial charge >= 0.3 is 5.97 Å². The van der Waals surface area contributed by atoms with Gasteiger partial charge in [-0.15, -0.1) is 0 Å². The summed E-state index contributed by atoms with van der Waals surface area (Å²) in [6, 6.07) is 17.1. The molecule has 0 unspecified atom stereocenters. The van der Waals surface area contributed by atoms with Crippen LogP contribution in [-0.2, 0) is 4.74 Å². The minimum absolute atomic E-state index is 0.0458. The molecule has 0 radical (unpaired) electrons. The molecule has 1 heterocycles. The van der Waals surface area contributed by atoms with E-state index in [1.807, 2.05) is 0 Å². The summed E-state index contributed by atoms with van der Waals surface area (Å²) in [6.07, 6.45) is 0. The molecule has 37 heavy (non-hydrogen) atoms. The van der Waals surface area contributed by atoms with E-state index < -0.39 is 29.1 Å². The Morgan fingerprint density at radius 1 is 0.946 bits per heavy atom. The molecule has 0 aliphatic carbocycles. The summed E-state index contributed by atoms with van der Waals surface area (Å²) >= 11 is 0. The summed E-state index contributed by atoms with van der Waals surface area (Å²) in [5.41, 5.74) is 1.21. The molecule has 3 aromatic carbocycles. The number of carbonyl (C=O) groups is 2. The van der Waals surface area contributed by atoms with Crippen LogP contribution in [-0.4, -0.2) is 42.5 Å². The Morgan fingerprint density at radius 3 is 2.35 bits per heavy atom. The van der Waals surface area contributed by atoms with Gasteiger partial charge in [-0.2, -0.15) is 5.10 Å². The van der Waals surface area contributed by atoms with E-state index in [1.54, 1.807) is 61.5 Å². The second-order valence-electron chi connectivity index (χ2n) is 7.72. The number of hydrogen-bond donors (Lipinski definition) is 1. The van der Waals surface area contributed by atoms with Crippen molar-refractivity contribution in [3.63, 3.8) is 0 Å². The molecule has 4 aromatic rings. The normalized spacial score (nSPS) is 10.6. The first-order chi connectivity index (χ1) is 17.9. The Kier molecular flexibility index (Phi) is 7.47. The third kappa shape index (κ3) is 5.27. The molecule has 0 saturated carbocycles. The van der Waals surface area contributed by atoms with Gasteiger partial charge in [0.1, 0.15) is 34.4 Å². The lowest BCUT2D eigenvalue weighted by atomic mass is 10.1. The van der Waals surface area contributed by atoms with Crippen molar-refractivity contribution in [1.29, 1.82) is 0 Å². The number of benzene rings is 3. The maximum atomic E-state index is 14.4. The number of methoxy groups -OCH3 is 2. The first kappa shape index (κ1) is 25.4. The molecule has 8 nitrogen and oxygen atoms in total. The van der Waals surface area contributed by atoms with Gasteiger partial charge in [-0.05, 0) is 37.3 Å². The SMILES string of the molecule is CCOC(=O)c1cc(-c2cccc(NC(=O)c3c(F)cc(OC)cc3F)c2)n(-c2ccccc2OC)n1. The van der Waals surface area contributed by atoms with Gasteiger partial charge in [0.15, 0.2) is 5.69 Å². The van der Waals surface area contributed by atoms with E-state index in [4.69, 9.17) is 14.2 Å². The second-order valence-corrected chi connectivity index (χ2v) is 7.72. The summed E-state index contributed by atoms with van der Waals surface area (Å²) < 4.78 is 45.7. The second kappa shape index (κ2) is 10.9. The summed E-state index contributed by atoms with van der Waals surface area (Å²) in [5.74, 6) is -3.22. The van der Waals surface area contributed by atoms with Crippen LogP contribution in [0.25, 0.3) is 16.9 Å². The van der Waals surface area contributed by atoms with Crippen LogP contribution in [0.15, 0.2) is 66.7 Å². The molecule has 1 N–H and O–H groups in total. The quantitative estimate of drug-likeness (QED) is 0.327. The highest BCUT2D eigenvalue weighted by Gasteiger charge is 2.22. The molecule has 0 atom stereocenters. The molecule has 190 valence electrons. The Hall–Kier alpha value is -4.73. The van der Waals surface area contributed by atoms with Crippen molar-refractivity contribution in [1.82, 2.24) is 9.78 Å². The van der Waals surface area contributed by atoms with Gasteiger partial charge in [0, 0.05) is 23.4 Å². The Labute approximate surface area is 211 Å². The van der Waals surface area contributed by atoms with E-state index in [1.165, 1.54) is 18.9 Å². The lowest BCUT2D eigenvalue weighted by molar-refractivity contribution is 0.0518. The number of rotatable bonds is 8. The molecule has 0 fully saturated rings. The molecule has 0 aliphatic heterocycles. The van der Waals surface area contributed by atoms with Gasteiger partial charge in [-0.3, -0.25) is 4.79 Å². The highest BCUT2D eigenvalue weighted by Crippen LogP contribution is 2.31. The number of para-hydroxylation sites is 2. The summed E-state index contributed by atoms with van der Waals surface area (Å²) in [4.78, 5) is 25.2. The van der Waals surface area contributed by atoms with Crippen molar-refractivity contribution in [2.75, 3.05) is 26.1 Å². The van der Waals surface area contributed by atoms with Crippen molar-refractivity contribution in [3.8, 4) is 28.4 Å². The Bertz CT molecular complexity index is 1450. The van der Waals surface area contributed by atoms with E-state index in [0.29, 0.717) is 22.7 Å². The third-order valence-corrected chi connectivity index (χ3v) is 5.40. The van der Waals surface area contributed by atoms with Crippen LogP contribution < -0.4 is 14.8 Å². The van der Waals surface area contributed by atoms with Crippen LogP contribution in [0.2, 0.25) is 0 Å². The van der Waals surface area contributed by atoms with Crippen LogP contribution >= 0.6 is 0 Å². The zero-order valence-electron chi connectivity index (χ0n) is 20.2. The number of ether oxygens (including phenoxy) is 3. The largest absolute Gasteiger partial charge is 0.497 e. The number of halogens is 2. The highest BCUT2D eigenvalue weighted by atomic mass is 19.1. The molecule has 10 heteroatoms. The summed E-state index contributed by atoms with van der Waals surface area (Å²) in [7, 11) is 2.78. The average molecular weight is 507 g/mol. The number of nitrogens with one attached hydrogen (secondary N) is 1. The van der Waals surface area contributed by atoms with E-state index in [9.17, 15) is 18.4 Å². The predicted octanol–water partition coefficient (Wildman–Crippen LogP) is 5.26. The van der Waals surface area contributed by atoms with E-state index in [0.717, 1.165) is 12.1 Å². The predicted molar refractivity (Wildman–Crippen MR) is 132 cm³/mol. The van der Waals surface area contributed by atoms with Crippen LogP contribution in [0.1, 0.15) is 27.8 Å². The van der Waals surface area contributed by atoms with Crippen LogP contribution in [0.3, 0.4) is 0 Å². The van der Waals surface area contributed by atoms with Crippen LogP contribution in [0.4, 0.5) is 14.5 Å². The van der Waals surface area contributed by atoms with Gasteiger partial charge in [0.25, 0.3) is 5.91 Å². The smallest absolute Gasteiger partial charge is 0.358 e. The summed E-state index contributed by atoms with van der Waals surface area (Å²) in [6.45, 7) is 1.87.